The molecule has 0 unspecified atom stereocenters. The van der Waals surface area contributed by atoms with Gasteiger partial charge in [0.15, 0.2) is 21.5 Å². The summed E-state index contributed by atoms with van der Waals surface area (Å²) in [5.74, 6) is -0.194. The van der Waals surface area contributed by atoms with Crippen molar-refractivity contribution in [2.45, 2.75) is 42.1 Å². The van der Waals surface area contributed by atoms with E-state index in [0.717, 1.165) is 12.1 Å². The number of hydrogen-bond donors (Lipinski definition) is 2. The van der Waals surface area contributed by atoms with Crippen molar-refractivity contribution in [1.82, 2.24) is 5.32 Å². The summed E-state index contributed by atoms with van der Waals surface area (Å²) in [7, 11) is -2.44. The van der Waals surface area contributed by atoms with Gasteiger partial charge in [0, 0.05) is 31.6 Å². The number of aliphatic hydroxyl groups is 1. The van der Waals surface area contributed by atoms with Crippen molar-refractivity contribution in [3.8, 4) is 11.5 Å². The molecule has 2 N–H and O–H groups in total. The van der Waals surface area contributed by atoms with Gasteiger partial charge in [-0.15, -0.1) is 0 Å². The molecule has 5 rings (SSSR count). The van der Waals surface area contributed by atoms with E-state index >= 15 is 0 Å². The van der Waals surface area contributed by atoms with E-state index in [2.05, 4.69) is 5.32 Å². The Hall–Kier alpha value is -4.88. The van der Waals surface area contributed by atoms with Crippen LogP contribution in [0.25, 0.3) is 0 Å². The number of aliphatic hydroxyl groups excluding tert-OH is 1. The minimum absolute atomic E-state index is 0.0215. The van der Waals surface area contributed by atoms with Crippen LogP contribution in [0.5, 0.6) is 11.5 Å². The molecule has 0 radical (unpaired) electrons. The molecule has 1 aliphatic rings. The largest absolute Gasteiger partial charge is 0.497 e. The van der Waals surface area contributed by atoms with Crippen LogP contribution >= 0.6 is 0 Å². The molecule has 0 fully saturated rings. The van der Waals surface area contributed by atoms with E-state index in [-0.39, 0.29) is 35.9 Å². The number of carbonyl (C=O) groups is 1. The third-order valence-electron chi connectivity index (χ3n) is 7.99. The highest BCUT2D eigenvalue weighted by Crippen LogP contribution is 2.44. The second-order valence-electron chi connectivity index (χ2n) is 11.3. The Balaban J connectivity index is 1.56. The Morgan fingerprint density at radius 1 is 0.959 bits per heavy atom. The third-order valence-corrected chi connectivity index (χ3v) is 9.72. The lowest BCUT2D eigenvalue weighted by Crippen LogP contribution is -2.49. The molecule has 0 saturated carbocycles. The minimum atomic E-state index is -4.58. The second kappa shape index (κ2) is 15.1. The molecule has 9 nitrogen and oxygen atoms in total. The Labute approximate surface area is 282 Å². The van der Waals surface area contributed by atoms with Gasteiger partial charge in [-0.1, -0.05) is 42.5 Å². The molecule has 0 aromatic heterocycles. The molecule has 1 aliphatic heterocycles. The van der Waals surface area contributed by atoms with Crippen LogP contribution in [-0.4, -0.2) is 56.9 Å². The number of nitrogens with one attached hydrogen (secondary N) is 1. The molecule has 13 heteroatoms. The van der Waals surface area contributed by atoms with Gasteiger partial charge in [-0.25, -0.2) is 13.4 Å². The molecule has 0 spiro atoms. The van der Waals surface area contributed by atoms with Gasteiger partial charge in [0.25, 0.3) is 5.91 Å². The smallest absolute Gasteiger partial charge is 0.416 e. The molecule has 4 aromatic rings. The number of nitrogens with zero attached hydrogens (tertiary/aromatic N) is 1. The number of alkyl halides is 3. The van der Waals surface area contributed by atoms with Crippen molar-refractivity contribution in [3.63, 3.8) is 0 Å². The molecule has 4 aromatic carbocycles. The summed E-state index contributed by atoms with van der Waals surface area (Å²) in [6.07, 6.45) is -5.61. The molecule has 1 heterocycles. The standard InChI is InChI=1S/C36H35F3N2O7S/c1-46-30-11-6-9-27(23-30)32-35(18-21-49(44,45)31-12-3-2-4-13-31,34(43)40-24-25-8-5-10-28(22-25)36(37,38)39)41-33(48-32)26-14-16-29(17-15-26)47-20-7-19-42/h2-6,8-17,22-23,32,42H,7,18-21,24H2,1H3,(H,40,43)/t32-,35-/m1/s1. The number of rotatable bonds is 14. The van der Waals surface area contributed by atoms with Gasteiger partial charge in [0.1, 0.15) is 11.5 Å². The Morgan fingerprint density at radius 2 is 1.69 bits per heavy atom. The van der Waals surface area contributed by atoms with Gasteiger partial charge in [0.2, 0.25) is 5.90 Å². The number of ether oxygens (including phenoxy) is 3. The third kappa shape index (κ3) is 8.41. The van der Waals surface area contributed by atoms with Crippen LogP contribution in [0.15, 0.2) is 113 Å². The predicted molar refractivity (Wildman–Crippen MR) is 176 cm³/mol. The van der Waals surface area contributed by atoms with E-state index < -0.39 is 44.9 Å². The molecule has 1 amide bonds. The summed E-state index contributed by atoms with van der Waals surface area (Å²) < 4.78 is 84.8. The quantitative estimate of drug-likeness (QED) is 0.157. The van der Waals surface area contributed by atoms with Crippen LogP contribution in [-0.2, 0) is 32.1 Å². The maximum Gasteiger partial charge on any atom is 0.416 e. The van der Waals surface area contributed by atoms with Crippen LogP contribution in [0.3, 0.4) is 0 Å². The van der Waals surface area contributed by atoms with Crippen LogP contribution < -0.4 is 14.8 Å². The second-order valence-corrected chi connectivity index (χ2v) is 13.4. The fourth-order valence-electron chi connectivity index (χ4n) is 5.40. The van der Waals surface area contributed by atoms with Crippen LogP contribution in [0.4, 0.5) is 13.2 Å². The maximum atomic E-state index is 14.4. The minimum Gasteiger partial charge on any atom is -0.497 e. The fraction of sp³-hybridized carbons (Fsp3) is 0.278. The van der Waals surface area contributed by atoms with Crippen LogP contribution in [0.2, 0.25) is 0 Å². The lowest BCUT2D eigenvalue weighted by molar-refractivity contribution is -0.137. The van der Waals surface area contributed by atoms with E-state index in [9.17, 15) is 26.4 Å². The van der Waals surface area contributed by atoms with Gasteiger partial charge in [-0.3, -0.25) is 4.79 Å². The van der Waals surface area contributed by atoms with E-state index in [4.69, 9.17) is 24.3 Å². The number of halogens is 3. The zero-order valence-electron chi connectivity index (χ0n) is 26.5. The lowest BCUT2D eigenvalue weighted by Gasteiger charge is -2.31. The molecular formula is C36H35F3N2O7S. The molecule has 258 valence electrons. The SMILES string of the molecule is COc1cccc([C@H]2OC(c3ccc(OCCCO)cc3)=N[C@@]2(CCS(=O)(=O)c2ccccc2)C(=O)NCc2cccc(C(F)(F)F)c2)c1. The highest BCUT2D eigenvalue weighted by Gasteiger charge is 2.53. The van der Waals surface area contributed by atoms with Crippen molar-refractivity contribution >= 4 is 21.6 Å². The van der Waals surface area contributed by atoms with Gasteiger partial charge in [-0.05, 0) is 71.8 Å². The molecule has 49 heavy (non-hydrogen) atoms. The Kier molecular flexibility index (Phi) is 10.9. The Bertz CT molecular complexity index is 1880. The summed E-state index contributed by atoms with van der Waals surface area (Å²) in [5.41, 5.74) is -1.62. The number of amides is 1. The lowest BCUT2D eigenvalue weighted by atomic mass is 9.85. The monoisotopic (exact) mass is 696 g/mol. The zero-order valence-corrected chi connectivity index (χ0v) is 27.3. The maximum absolute atomic E-state index is 14.4. The molecule has 0 bridgehead atoms. The molecule has 0 saturated heterocycles. The topological polar surface area (TPSA) is 124 Å². The average molecular weight is 697 g/mol. The molecular weight excluding hydrogens is 661 g/mol. The van der Waals surface area contributed by atoms with Crippen molar-refractivity contribution in [2.75, 3.05) is 26.1 Å². The first-order valence-electron chi connectivity index (χ1n) is 15.4. The van der Waals surface area contributed by atoms with E-state index in [0.29, 0.717) is 35.7 Å². The highest BCUT2D eigenvalue weighted by molar-refractivity contribution is 7.91. The predicted octanol–water partition coefficient (Wildman–Crippen LogP) is 5.91. The summed E-state index contributed by atoms with van der Waals surface area (Å²) >= 11 is 0. The number of hydrogen-bond acceptors (Lipinski definition) is 8. The van der Waals surface area contributed by atoms with Gasteiger partial charge < -0.3 is 24.6 Å². The van der Waals surface area contributed by atoms with E-state index in [1.807, 2.05) is 0 Å². The molecule has 0 aliphatic carbocycles. The first kappa shape index (κ1) is 35.4. The highest BCUT2D eigenvalue weighted by atomic mass is 32.2. The normalized spacial score (nSPS) is 17.6. The number of carbonyl (C=O) groups excluding carboxylic acids is 1. The Morgan fingerprint density at radius 3 is 2.39 bits per heavy atom. The van der Waals surface area contributed by atoms with Gasteiger partial charge in [0.05, 0.1) is 29.9 Å². The number of methoxy groups -OCH3 is 1. The first-order valence-corrected chi connectivity index (χ1v) is 17.1. The molecule has 2 atom stereocenters. The average Bonchev–Trinajstić information content (AvgIpc) is 3.51. The van der Waals surface area contributed by atoms with E-state index in [1.54, 1.807) is 66.7 Å². The van der Waals surface area contributed by atoms with Crippen molar-refractivity contribution in [3.05, 3.63) is 125 Å². The number of benzene rings is 4. The zero-order chi connectivity index (χ0) is 35.1. The van der Waals surface area contributed by atoms with Gasteiger partial charge in [-0.2, -0.15) is 13.2 Å². The summed E-state index contributed by atoms with van der Waals surface area (Å²) in [5, 5.41) is 11.8. The van der Waals surface area contributed by atoms with Crippen LogP contribution in [0.1, 0.15) is 41.2 Å². The van der Waals surface area contributed by atoms with Crippen molar-refractivity contribution in [1.29, 1.82) is 0 Å². The van der Waals surface area contributed by atoms with E-state index in [1.165, 1.54) is 31.4 Å². The van der Waals surface area contributed by atoms with Crippen LogP contribution in [0, 0.1) is 0 Å². The number of aliphatic imine (C=N–C) groups is 1. The summed E-state index contributed by atoms with van der Waals surface area (Å²) in [6, 6.07) is 25.8. The summed E-state index contributed by atoms with van der Waals surface area (Å²) in [6.45, 7) is -0.00591. The first-order chi connectivity index (χ1) is 23.4. The number of sulfone groups is 1. The summed E-state index contributed by atoms with van der Waals surface area (Å²) in [4.78, 5) is 19.3. The fourth-order valence-corrected chi connectivity index (χ4v) is 6.79. The van der Waals surface area contributed by atoms with Gasteiger partial charge >= 0.3 is 6.18 Å². The van der Waals surface area contributed by atoms with Crippen molar-refractivity contribution in [2.24, 2.45) is 4.99 Å². The van der Waals surface area contributed by atoms with Crippen molar-refractivity contribution < 1.29 is 45.7 Å².